The number of piperidine rings is 1. The van der Waals surface area contributed by atoms with Gasteiger partial charge in [0.1, 0.15) is 11.6 Å². The molecule has 0 spiro atoms. The number of hydrogen-bond acceptors (Lipinski definition) is 4. The van der Waals surface area contributed by atoms with E-state index in [1.54, 1.807) is 48.4 Å². The number of rotatable bonds is 5. The minimum atomic E-state index is -0.617. The molecular formula is C27H27FN4O3. The molecule has 1 aliphatic rings. The molecule has 180 valence electrons. The molecule has 7 nitrogen and oxygen atoms in total. The fraction of sp³-hybridized carbons (Fsp3) is 0.259. The Bertz CT molecular complexity index is 1280. The molecule has 1 aromatic heterocycles. The summed E-state index contributed by atoms with van der Waals surface area (Å²) in [5, 5.41) is 5.58. The van der Waals surface area contributed by atoms with Crippen molar-refractivity contribution >= 4 is 29.2 Å². The van der Waals surface area contributed by atoms with Gasteiger partial charge in [-0.2, -0.15) is 0 Å². The molecule has 3 amide bonds. The highest BCUT2D eigenvalue weighted by atomic mass is 19.1. The Morgan fingerprint density at radius 1 is 1.00 bits per heavy atom. The maximum atomic E-state index is 14.0. The fourth-order valence-corrected chi connectivity index (χ4v) is 4.12. The van der Waals surface area contributed by atoms with Crippen LogP contribution in [0.25, 0.3) is 0 Å². The monoisotopic (exact) mass is 474 g/mol. The number of aryl methyl sites for hydroxylation is 2. The number of anilines is 2. The first-order valence-electron chi connectivity index (χ1n) is 11.5. The second kappa shape index (κ2) is 10.5. The van der Waals surface area contributed by atoms with Crippen LogP contribution in [0, 0.1) is 25.6 Å². The van der Waals surface area contributed by atoms with Crippen LogP contribution in [0.4, 0.5) is 15.9 Å². The standard InChI is InChI=1S/C27H27FN4O3/c1-17-11-12-19(15-23(17)30-26(34)21-9-3-4-10-22(21)28)27(35)32-14-6-8-20(16-32)25(33)31-24-18(2)7-5-13-29-24/h3-5,7,9-13,15,20H,6,8,14,16H2,1-2H3,(H,30,34)(H,29,31,33). The molecule has 2 heterocycles. The maximum Gasteiger partial charge on any atom is 0.258 e. The number of halogens is 1. The van der Waals surface area contributed by atoms with Crippen LogP contribution >= 0.6 is 0 Å². The molecule has 0 aliphatic carbocycles. The summed E-state index contributed by atoms with van der Waals surface area (Å²) in [6.07, 6.45) is 3.01. The summed E-state index contributed by atoms with van der Waals surface area (Å²) in [5.74, 6) is -1.41. The number of carbonyl (C=O) groups is 3. The number of carbonyl (C=O) groups excluding carboxylic acids is 3. The van der Waals surface area contributed by atoms with E-state index in [0.29, 0.717) is 43.0 Å². The van der Waals surface area contributed by atoms with E-state index < -0.39 is 11.7 Å². The van der Waals surface area contributed by atoms with Gasteiger partial charge in [0.2, 0.25) is 5.91 Å². The van der Waals surface area contributed by atoms with Crippen LogP contribution in [-0.2, 0) is 4.79 Å². The quantitative estimate of drug-likeness (QED) is 0.566. The topological polar surface area (TPSA) is 91.4 Å². The average Bonchev–Trinajstić information content (AvgIpc) is 2.86. The molecule has 0 radical (unpaired) electrons. The predicted molar refractivity (Wildman–Crippen MR) is 132 cm³/mol. The Morgan fingerprint density at radius 3 is 2.57 bits per heavy atom. The van der Waals surface area contributed by atoms with Crippen LogP contribution in [-0.4, -0.2) is 40.7 Å². The molecule has 1 saturated heterocycles. The normalized spacial score (nSPS) is 15.4. The third kappa shape index (κ3) is 5.54. The number of hydrogen-bond donors (Lipinski definition) is 2. The minimum Gasteiger partial charge on any atom is -0.338 e. The SMILES string of the molecule is Cc1ccc(C(=O)N2CCCC(C(=O)Nc3ncccc3C)C2)cc1NC(=O)c1ccccc1F. The van der Waals surface area contributed by atoms with Crippen LogP contribution in [0.1, 0.15) is 44.7 Å². The first-order valence-corrected chi connectivity index (χ1v) is 11.5. The lowest BCUT2D eigenvalue weighted by atomic mass is 9.96. The van der Waals surface area contributed by atoms with Gasteiger partial charge in [-0.15, -0.1) is 0 Å². The number of nitrogens with one attached hydrogen (secondary N) is 2. The van der Waals surface area contributed by atoms with Gasteiger partial charge in [0.25, 0.3) is 11.8 Å². The molecule has 35 heavy (non-hydrogen) atoms. The third-order valence-corrected chi connectivity index (χ3v) is 6.18. The summed E-state index contributed by atoms with van der Waals surface area (Å²) in [4.78, 5) is 44.5. The van der Waals surface area contributed by atoms with E-state index in [1.807, 2.05) is 13.0 Å². The number of pyridine rings is 1. The zero-order valence-electron chi connectivity index (χ0n) is 19.7. The number of likely N-dealkylation sites (tertiary alicyclic amines) is 1. The van der Waals surface area contributed by atoms with Gasteiger partial charge < -0.3 is 15.5 Å². The molecule has 8 heteroatoms. The number of nitrogens with zero attached hydrogens (tertiary/aromatic N) is 2. The van der Waals surface area contributed by atoms with E-state index in [-0.39, 0.29) is 23.3 Å². The van der Waals surface area contributed by atoms with Crippen LogP contribution in [0.5, 0.6) is 0 Å². The summed E-state index contributed by atoms with van der Waals surface area (Å²) in [6, 6.07) is 14.4. The van der Waals surface area contributed by atoms with E-state index in [1.165, 1.54) is 18.2 Å². The molecule has 0 bridgehead atoms. The number of amides is 3. The Kier molecular flexibility index (Phi) is 7.19. The summed E-state index contributed by atoms with van der Waals surface area (Å²) < 4.78 is 14.0. The molecule has 1 atom stereocenters. The zero-order chi connectivity index (χ0) is 24.9. The van der Waals surface area contributed by atoms with Gasteiger partial charge >= 0.3 is 0 Å². The van der Waals surface area contributed by atoms with Crippen molar-refractivity contribution in [2.45, 2.75) is 26.7 Å². The van der Waals surface area contributed by atoms with Crippen molar-refractivity contribution in [1.29, 1.82) is 0 Å². The van der Waals surface area contributed by atoms with Crippen molar-refractivity contribution in [3.05, 3.63) is 88.9 Å². The van der Waals surface area contributed by atoms with Gasteiger partial charge in [0.05, 0.1) is 11.5 Å². The van der Waals surface area contributed by atoms with Crippen LogP contribution in [0.3, 0.4) is 0 Å². The Hall–Kier alpha value is -4.07. The molecular weight excluding hydrogens is 447 g/mol. The Labute approximate surface area is 203 Å². The smallest absolute Gasteiger partial charge is 0.258 e. The highest BCUT2D eigenvalue weighted by Crippen LogP contribution is 2.24. The van der Waals surface area contributed by atoms with E-state index in [4.69, 9.17) is 0 Å². The molecule has 0 saturated carbocycles. The first-order chi connectivity index (χ1) is 16.8. The lowest BCUT2D eigenvalue weighted by Gasteiger charge is -2.32. The van der Waals surface area contributed by atoms with Gasteiger partial charge in [-0.05, 0) is 68.1 Å². The lowest BCUT2D eigenvalue weighted by molar-refractivity contribution is -0.121. The van der Waals surface area contributed by atoms with Crippen molar-refractivity contribution in [1.82, 2.24) is 9.88 Å². The van der Waals surface area contributed by atoms with Crippen molar-refractivity contribution < 1.29 is 18.8 Å². The summed E-state index contributed by atoms with van der Waals surface area (Å²) in [5.41, 5.74) is 2.36. The highest BCUT2D eigenvalue weighted by Gasteiger charge is 2.29. The van der Waals surface area contributed by atoms with Gasteiger partial charge in [-0.1, -0.05) is 24.3 Å². The van der Waals surface area contributed by atoms with E-state index in [2.05, 4.69) is 15.6 Å². The average molecular weight is 475 g/mol. The largest absolute Gasteiger partial charge is 0.338 e. The Balaban J connectivity index is 1.46. The highest BCUT2D eigenvalue weighted by molar-refractivity contribution is 6.05. The molecule has 1 fully saturated rings. The van der Waals surface area contributed by atoms with Crippen molar-refractivity contribution in [3.8, 4) is 0 Å². The van der Waals surface area contributed by atoms with E-state index in [0.717, 1.165) is 11.1 Å². The maximum absolute atomic E-state index is 14.0. The summed E-state index contributed by atoms with van der Waals surface area (Å²) in [6.45, 7) is 4.50. The van der Waals surface area contributed by atoms with Gasteiger partial charge in [0, 0.05) is 30.5 Å². The molecule has 2 aromatic carbocycles. The van der Waals surface area contributed by atoms with Crippen molar-refractivity contribution in [2.24, 2.45) is 5.92 Å². The lowest BCUT2D eigenvalue weighted by Crippen LogP contribution is -2.43. The van der Waals surface area contributed by atoms with E-state index >= 15 is 0 Å². The Morgan fingerprint density at radius 2 is 1.80 bits per heavy atom. The first kappa shape index (κ1) is 24.1. The second-order valence-electron chi connectivity index (χ2n) is 8.71. The van der Waals surface area contributed by atoms with Crippen molar-refractivity contribution in [2.75, 3.05) is 23.7 Å². The molecule has 3 aromatic rings. The van der Waals surface area contributed by atoms with Gasteiger partial charge in [0.15, 0.2) is 0 Å². The molecule has 1 unspecified atom stereocenters. The number of benzene rings is 2. The number of aromatic nitrogens is 1. The van der Waals surface area contributed by atoms with Crippen LogP contribution < -0.4 is 10.6 Å². The molecule has 2 N–H and O–H groups in total. The molecule has 1 aliphatic heterocycles. The van der Waals surface area contributed by atoms with Crippen molar-refractivity contribution in [3.63, 3.8) is 0 Å². The minimum absolute atomic E-state index is 0.0725. The van der Waals surface area contributed by atoms with Gasteiger partial charge in [-0.25, -0.2) is 9.37 Å². The second-order valence-corrected chi connectivity index (χ2v) is 8.71. The molecule has 4 rings (SSSR count). The summed E-state index contributed by atoms with van der Waals surface area (Å²) in [7, 11) is 0. The van der Waals surface area contributed by atoms with Gasteiger partial charge in [-0.3, -0.25) is 14.4 Å². The summed E-state index contributed by atoms with van der Waals surface area (Å²) >= 11 is 0. The fourth-order valence-electron chi connectivity index (χ4n) is 4.12. The van der Waals surface area contributed by atoms with Crippen LogP contribution in [0.2, 0.25) is 0 Å². The van der Waals surface area contributed by atoms with E-state index in [9.17, 15) is 18.8 Å². The van der Waals surface area contributed by atoms with Crippen LogP contribution in [0.15, 0.2) is 60.8 Å². The predicted octanol–water partition coefficient (Wildman–Crippen LogP) is 4.58. The third-order valence-electron chi connectivity index (χ3n) is 6.18. The zero-order valence-corrected chi connectivity index (χ0v) is 19.7.